The average molecular weight is 405 g/mol. The Kier molecular flexibility index (Phi) is 6.59. The summed E-state index contributed by atoms with van der Waals surface area (Å²) >= 11 is 0. The minimum absolute atomic E-state index is 0.147. The van der Waals surface area contributed by atoms with Gasteiger partial charge in [-0.1, -0.05) is 12.1 Å². The first-order chi connectivity index (χ1) is 14.4. The summed E-state index contributed by atoms with van der Waals surface area (Å²) in [5, 5.41) is 5.58. The van der Waals surface area contributed by atoms with E-state index in [1.54, 1.807) is 81.3 Å². The van der Waals surface area contributed by atoms with Crippen molar-refractivity contribution in [2.24, 2.45) is 0 Å². The normalized spacial score (nSPS) is 10.3. The summed E-state index contributed by atoms with van der Waals surface area (Å²) in [7, 11) is 3.34. The van der Waals surface area contributed by atoms with Crippen LogP contribution in [0, 0.1) is 0 Å². The molecule has 0 radical (unpaired) electrons. The van der Waals surface area contributed by atoms with Crippen LogP contribution in [0.15, 0.2) is 67.3 Å². The number of aryl methyl sites for hydroxylation is 1. The molecule has 0 spiro atoms. The maximum atomic E-state index is 12.6. The van der Waals surface area contributed by atoms with Gasteiger partial charge in [-0.2, -0.15) is 0 Å². The monoisotopic (exact) mass is 405 g/mol. The van der Waals surface area contributed by atoms with Crippen molar-refractivity contribution < 1.29 is 14.4 Å². The highest BCUT2D eigenvalue weighted by atomic mass is 16.2. The lowest BCUT2D eigenvalue weighted by molar-refractivity contribution is -0.116. The molecule has 0 bridgehead atoms. The van der Waals surface area contributed by atoms with Gasteiger partial charge in [0, 0.05) is 62.0 Å². The second-order valence-electron chi connectivity index (χ2n) is 6.91. The van der Waals surface area contributed by atoms with Gasteiger partial charge >= 0.3 is 0 Å². The Morgan fingerprint density at radius 1 is 0.967 bits per heavy atom. The van der Waals surface area contributed by atoms with Gasteiger partial charge in [0.25, 0.3) is 11.8 Å². The zero-order chi connectivity index (χ0) is 21.5. The van der Waals surface area contributed by atoms with Gasteiger partial charge in [0.1, 0.15) is 0 Å². The van der Waals surface area contributed by atoms with E-state index >= 15 is 0 Å². The summed E-state index contributed by atoms with van der Waals surface area (Å²) in [5.41, 5.74) is 1.93. The van der Waals surface area contributed by atoms with Crippen LogP contribution in [0.3, 0.4) is 0 Å². The molecule has 0 aliphatic carbocycles. The van der Waals surface area contributed by atoms with Crippen LogP contribution in [0.5, 0.6) is 0 Å². The first-order valence-corrected chi connectivity index (χ1v) is 9.41. The quantitative estimate of drug-likeness (QED) is 0.632. The van der Waals surface area contributed by atoms with Crippen molar-refractivity contribution in [3.63, 3.8) is 0 Å². The fourth-order valence-electron chi connectivity index (χ4n) is 2.80. The molecule has 0 saturated carbocycles. The molecule has 0 fully saturated rings. The SMILES string of the molecule is CN(C)C(=O)c1cccc(NC(=O)c2cccc(NC(=O)CCn3ccnc3)c2)c1. The van der Waals surface area contributed by atoms with Crippen molar-refractivity contribution in [1.82, 2.24) is 14.5 Å². The van der Waals surface area contributed by atoms with Crippen LogP contribution in [-0.4, -0.2) is 46.3 Å². The minimum atomic E-state index is -0.334. The molecule has 0 aliphatic heterocycles. The van der Waals surface area contributed by atoms with Crippen LogP contribution >= 0.6 is 0 Å². The van der Waals surface area contributed by atoms with E-state index < -0.39 is 0 Å². The average Bonchev–Trinajstić information content (AvgIpc) is 3.26. The number of nitrogens with zero attached hydrogens (tertiary/aromatic N) is 3. The lowest BCUT2D eigenvalue weighted by atomic mass is 10.1. The molecule has 2 aromatic carbocycles. The molecule has 1 aromatic heterocycles. The number of aromatic nitrogens is 2. The first kappa shape index (κ1) is 20.8. The van der Waals surface area contributed by atoms with Gasteiger partial charge in [-0.05, 0) is 36.4 Å². The second-order valence-corrected chi connectivity index (χ2v) is 6.91. The fraction of sp³-hybridized carbons (Fsp3) is 0.182. The van der Waals surface area contributed by atoms with E-state index in [2.05, 4.69) is 15.6 Å². The van der Waals surface area contributed by atoms with Crippen molar-refractivity contribution in [2.45, 2.75) is 13.0 Å². The number of nitrogens with one attached hydrogen (secondary N) is 2. The Bertz CT molecular complexity index is 1040. The highest BCUT2D eigenvalue weighted by Crippen LogP contribution is 2.16. The Labute approximate surface area is 174 Å². The Hall–Kier alpha value is -3.94. The van der Waals surface area contributed by atoms with Gasteiger partial charge in [0.15, 0.2) is 0 Å². The van der Waals surface area contributed by atoms with Crippen LogP contribution in [0.4, 0.5) is 11.4 Å². The number of carbonyl (C=O) groups is 3. The Morgan fingerprint density at radius 3 is 2.30 bits per heavy atom. The predicted molar refractivity (Wildman–Crippen MR) is 114 cm³/mol. The molecule has 3 amide bonds. The highest BCUT2D eigenvalue weighted by Gasteiger charge is 2.12. The number of imidazole rings is 1. The smallest absolute Gasteiger partial charge is 0.255 e. The molecule has 8 heteroatoms. The molecular weight excluding hydrogens is 382 g/mol. The lowest BCUT2D eigenvalue weighted by Crippen LogP contribution is -2.22. The van der Waals surface area contributed by atoms with Gasteiger partial charge in [0.2, 0.25) is 5.91 Å². The number of hydrogen-bond acceptors (Lipinski definition) is 4. The van der Waals surface area contributed by atoms with E-state index in [-0.39, 0.29) is 17.7 Å². The summed E-state index contributed by atoms with van der Waals surface area (Å²) in [6.45, 7) is 0.522. The molecule has 154 valence electrons. The molecular formula is C22H23N5O3. The number of rotatable bonds is 7. The fourth-order valence-corrected chi connectivity index (χ4v) is 2.80. The number of benzene rings is 2. The second kappa shape index (κ2) is 9.51. The molecule has 3 rings (SSSR count). The third-order valence-corrected chi connectivity index (χ3v) is 4.34. The van der Waals surface area contributed by atoms with Crippen LogP contribution in [0.2, 0.25) is 0 Å². The highest BCUT2D eigenvalue weighted by molar-refractivity contribution is 6.06. The van der Waals surface area contributed by atoms with Crippen LogP contribution < -0.4 is 10.6 Å². The first-order valence-electron chi connectivity index (χ1n) is 9.41. The van der Waals surface area contributed by atoms with Gasteiger partial charge in [0.05, 0.1) is 6.33 Å². The molecule has 30 heavy (non-hydrogen) atoms. The summed E-state index contributed by atoms with van der Waals surface area (Å²) < 4.78 is 1.82. The van der Waals surface area contributed by atoms with Gasteiger partial charge in [-0.15, -0.1) is 0 Å². The molecule has 0 atom stereocenters. The largest absolute Gasteiger partial charge is 0.345 e. The van der Waals surface area contributed by atoms with Crippen LogP contribution in [-0.2, 0) is 11.3 Å². The standard InChI is InChI=1S/C22H23N5O3/c1-26(2)22(30)17-6-4-8-19(14-17)25-21(29)16-5-3-7-18(13-16)24-20(28)9-11-27-12-10-23-15-27/h3-8,10,12-15H,9,11H2,1-2H3,(H,24,28)(H,25,29). The van der Waals surface area contributed by atoms with Gasteiger partial charge < -0.3 is 20.1 Å². The van der Waals surface area contributed by atoms with E-state index in [1.165, 1.54) is 4.90 Å². The molecule has 8 nitrogen and oxygen atoms in total. The summed E-state index contributed by atoms with van der Waals surface area (Å²) in [6.07, 6.45) is 5.39. The third-order valence-electron chi connectivity index (χ3n) is 4.34. The van der Waals surface area contributed by atoms with Crippen LogP contribution in [0.1, 0.15) is 27.1 Å². The lowest BCUT2D eigenvalue weighted by Gasteiger charge is -2.12. The maximum absolute atomic E-state index is 12.6. The molecule has 0 aliphatic rings. The zero-order valence-electron chi connectivity index (χ0n) is 16.8. The van der Waals surface area contributed by atoms with Gasteiger partial charge in [-0.3, -0.25) is 14.4 Å². The number of amides is 3. The van der Waals surface area contributed by atoms with E-state index in [0.29, 0.717) is 35.5 Å². The van der Waals surface area contributed by atoms with Gasteiger partial charge in [-0.25, -0.2) is 4.98 Å². The van der Waals surface area contributed by atoms with E-state index in [4.69, 9.17) is 0 Å². The number of hydrogen-bond donors (Lipinski definition) is 2. The Balaban J connectivity index is 1.62. The van der Waals surface area contributed by atoms with Crippen LogP contribution in [0.25, 0.3) is 0 Å². The number of anilines is 2. The van der Waals surface area contributed by atoms with E-state index in [9.17, 15) is 14.4 Å². The zero-order valence-corrected chi connectivity index (χ0v) is 16.8. The molecule has 0 unspecified atom stereocenters. The molecule has 0 saturated heterocycles. The van der Waals surface area contributed by atoms with Crippen molar-refractivity contribution in [3.8, 4) is 0 Å². The van der Waals surface area contributed by atoms with Crippen molar-refractivity contribution in [1.29, 1.82) is 0 Å². The maximum Gasteiger partial charge on any atom is 0.255 e. The summed E-state index contributed by atoms with van der Waals surface area (Å²) in [6, 6.07) is 13.4. The number of carbonyl (C=O) groups excluding carboxylic acids is 3. The Morgan fingerprint density at radius 2 is 1.63 bits per heavy atom. The van der Waals surface area contributed by atoms with E-state index in [1.807, 2.05) is 4.57 Å². The minimum Gasteiger partial charge on any atom is -0.345 e. The van der Waals surface area contributed by atoms with Crippen molar-refractivity contribution in [3.05, 3.63) is 78.4 Å². The molecule has 1 heterocycles. The predicted octanol–water partition coefficient (Wildman–Crippen LogP) is 2.87. The third kappa shape index (κ3) is 5.54. The molecule has 2 N–H and O–H groups in total. The van der Waals surface area contributed by atoms with Crippen molar-refractivity contribution in [2.75, 3.05) is 24.7 Å². The summed E-state index contributed by atoms with van der Waals surface area (Å²) in [5.74, 6) is -0.637. The topological polar surface area (TPSA) is 96.3 Å². The van der Waals surface area contributed by atoms with E-state index in [0.717, 1.165) is 0 Å². The molecule has 3 aromatic rings. The summed E-state index contributed by atoms with van der Waals surface area (Å²) in [4.78, 5) is 42.3. The van der Waals surface area contributed by atoms with Crippen molar-refractivity contribution >= 4 is 29.1 Å².